The molecule has 0 N–H and O–H groups in total. The van der Waals surface area contributed by atoms with Gasteiger partial charge in [-0.25, -0.2) is 0 Å². The van der Waals surface area contributed by atoms with Crippen LogP contribution >= 0.6 is 0 Å². The van der Waals surface area contributed by atoms with Crippen molar-refractivity contribution in [1.29, 1.82) is 0 Å². The second kappa shape index (κ2) is 10.3. The van der Waals surface area contributed by atoms with E-state index in [-0.39, 0.29) is 5.91 Å². The number of hydrogen-bond donors (Lipinski definition) is 0. The van der Waals surface area contributed by atoms with Crippen LogP contribution in [0.1, 0.15) is 22.6 Å². The number of ether oxygens (including phenoxy) is 2. The third-order valence-electron chi connectivity index (χ3n) is 4.80. The molecule has 0 aliphatic rings. The van der Waals surface area contributed by atoms with E-state index in [0.717, 1.165) is 28.3 Å². The first-order chi connectivity index (χ1) is 15.0. The molecule has 6 nitrogen and oxygen atoms in total. The number of carbonyl (C=O) groups excluding carboxylic acids is 1. The summed E-state index contributed by atoms with van der Waals surface area (Å²) in [5, 5.41) is 3.94. The van der Waals surface area contributed by atoms with Crippen LogP contribution in [0.4, 0.5) is 5.69 Å². The van der Waals surface area contributed by atoms with Crippen LogP contribution in [0.5, 0.6) is 11.5 Å². The van der Waals surface area contributed by atoms with E-state index in [0.29, 0.717) is 24.7 Å². The molecule has 1 aromatic heterocycles. The van der Waals surface area contributed by atoms with Crippen molar-refractivity contribution in [1.82, 2.24) is 5.16 Å². The van der Waals surface area contributed by atoms with E-state index >= 15 is 0 Å². The number of hydrogen-bond acceptors (Lipinski definition) is 5. The first-order valence-electron chi connectivity index (χ1n) is 9.91. The Kier molecular flexibility index (Phi) is 7.27. The topological polar surface area (TPSA) is 64.8 Å². The number of aryl methyl sites for hydroxylation is 2. The van der Waals surface area contributed by atoms with E-state index in [9.17, 15) is 4.79 Å². The minimum absolute atomic E-state index is 0.135. The Bertz CT molecular complexity index is 1050. The highest BCUT2D eigenvalue weighted by atomic mass is 16.5. The summed E-state index contributed by atoms with van der Waals surface area (Å²) in [6.07, 6.45) is 4.99. The second-order valence-electron chi connectivity index (χ2n) is 6.91. The summed E-state index contributed by atoms with van der Waals surface area (Å²) < 4.78 is 16.5. The van der Waals surface area contributed by atoms with E-state index in [4.69, 9.17) is 14.0 Å². The lowest BCUT2D eigenvalue weighted by molar-refractivity contribution is -0.114. The Morgan fingerprint density at radius 1 is 1.16 bits per heavy atom. The van der Waals surface area contributed by atoms with Crippen molar-refractivity contribution in [2.24, 2.45) is 0 Å². The van der Waals surface area contributed by atoms with Crippen LogP contribution < -0.4 is 14.4 Å². The fourth-order valence-corrected chi connectivity index (χ4v) is 3.08. The molecule has 0 spiro atoms. The molecule has 0 atom stereocenters. The van der Waals surface area contributed by atoms with Crippen LogP contribution in [0.2, 0.25) is 0 Å². The van der Waals surface area contributed by atoms with Gasteiger partial charge >= 0.3 is 0 Å². The maximum Gasteiger partial charge on any atom is 0.251 e. The van der Waals surface area contributed by atoms with Crippen molar-refractivity contribution in [2.45, 2.75) is 20.5 Å². The number of benzene rings is 2. The molecule has 0 saturated carbocycles. The predicted molar refractivity (Wildman–Crippen MR) is 121 cm³/mol. The fraction of sp³-hybridized carbons (Fsp3) is 0.200. The van der Waals surface area contributed by atoms with Crippen LogP contribution in [-0.4, -0.2) is 24.7 Å². The Labute approximate surface area is 182 Å². The Morgan fingerprint density at radius 2 is 1.94 bits per heavy atom. The highest BCUT2D eigenvalue weighted by molar-refractivity contribution is 6.04. The number of anilines is 1. The third kappa shape index (κ3) is 5.42. The zero-order chi connectivity index (χ0) is 22.2. The largest absolute Gasteiger partial charge is 0.493 e. The molecule has 0 unspecified atom stereocenters. The van der Waals surface area contributed by atoms with Gasteiger partial charge in [-0.2, -0.15) is 0 Å². The zero-order valence-electron chi connectivity index (χ0n) is 18.0. The van der Waals surface area contributed by atoms with Gasteiger partial charge in [0.25, 0.3) is 5.91 Å². The number of aromatic nitrogens is 1. The van der Waals surface area contributed by atoms with Gasteiger partial charge in [0.05, 0.1) is 18.4 Å². The van der Waals surface area contributed by atoms with Gasteiger partial charge in [0.2, 0.25) is 0 Å². The monoisotopic (exact) mass is 418 g/mol. The molecule has 2 aromatic carbocycles. The minimum atomic E-state index is -0.135. The Morgan fingerprint density at radius 3 is 2.58 bits per heavy atom. The molecule has 3 aromatic rings. The zero-order valence-corrected chi connectivity index (χ0v) is 18.0. The summed E-state index contributed by atoms with van der Waals surface area (Å²) >= 11 is 0. The molecule has 1 amide bonds. The maximum absolute atomic E-state index is 12.7. The smallest absolute Gasteiger partial charge is 0.251 e. The van der Waals surface area contributed by atoms with Gasteiger partial charge in [0.15, 0.2) is 11.5 Å². The highest BCUT2D eigenvalue weighted by Gasteiger charge is 2.13. The normalized spacial score (nSPS) is 10.8. The number of nitrogens with zero attached hydrogens (tertiary/aromatic N) is 2. The van der Waals surface area contributed by atoms with Crippen LogP contribution in [0.15, 0.2) is 71.8 Å². The SMILES string of the molecule is C=CCN(C(=O)C=Cc1ccc(OCc2c(C)noc2C)c(OC)c1)c1ccccc1. The number of methoxy groups -OCH3 is 1. The van der Waals surface area contributed by atoms with Crippen molar-refractivity contribution in [2.75, 3.05) is 18.6 Å². The van der Waals surface area contributed by atoms with Gasteiger partial charge in [-0.05, 0) is 49.8 Å². The van der Waals surface area contributed by atoms with E-state index in [1.54, 1.807) is 24.2 Å². The predicted octanol–water partition coefficient (Wildman–Crippen LogP) is 5.11. The van der Waals surface area contributed by atoms with E-state index in [1.807, 2.05) is 62.4 Å². The first kappa shape index (κ1) is 21.9. The average molecular weight is 418 g/mol. The molecule has 6 heteroatoms. The number of rotatable bonds is 9. The third-order valence-corrected chi connectivity index (χ3v) is 4.80. The summed E-state index contributed by atoms with van der Waals surface area (Å²) in [6.45, 7) is 8.23. The van der Waals surface area contributed by atoms with Gasteiger partial charge in [-0.15, -0.1) is 6.58 Å². The lowest BCUT2D eigenvalue weighted by Crippen LogP contribution is -2.29. The molecular weight excluding hydrogens is 392 g/mol. The van der Waals surface area contributed by atoms with Crippen molar-refractivity contribution in [3.63, 3.8) is 0 Å². The molecule has 0 fully saturated rings. The number of para-hydroxylation sites is 1. The van der Waals surface area contributed by atoms with Crippen LogP contribution in [0.3, 0.4) is 0 Å². The van der Waals surface area contributed by atoms with Crippen LogP contribution in [0, 0.1) is 13.8 Å². The molecular formula is C25H26N2O4. The molecule has 160 valence electrons. The van der Waals surface area contributed by atoms with Crippen LogP contribution in [0.25, 0.3) is 6.08 Å². The summed E-state index contributed by atoms with van der Waals surface area (Å²) in [6, 6.07) is 15.0. The van der Waals surface area contributed by atoms with Gasteiger partial charge in [-0.3, -0.25) is 4.79 Å². The van der Waals surface area contributed by atoms with Crippen molar-refractivity contribution in [3.8, 4) is 11.5 Å². The lowest BCUT2D eigenvalue weighted by Gasteiger charge is -2.19. The standard InChI is InChI=1S/C25H26N2O4/c1-5-15-27(21-9-7-6-8-10-21)25(28)14-12-20-11-13-23(24(16-20)29-4)30-17-22-18(2)26-31-19(22)3/h5-14,16H,1,15,17H2,2-4H3. The molecule has 0 radical (unpaired) electrons. The van der Waals surface area contributed by atoms with Crippen molar-refractivity contribution < 1.29 is 18.8 Å². The van der Waals surface area contributed by atoms with Crippen molar-refractivity contribution >= 4 is 17.7 Å². The molecule has 0 bridgehead atoms. The number of carbonyl (C=O) groups is 1. The van der Waals surface area contributed by atoms with Gasteiger partial charge in [0.1, 0.15) is 12.4 Å². The second-order valence-corrected chi connectivity index (χ2v) is 6.91. The van der Waals surface area contributed by atoms with Gasteiger partial charge < -0.3 is 18.9 Å². The lowest BCUT2D eigenvalue weighted by atomic mass is 10.1. The molecule has 3 rings (SSSR count). The first-order valence-corrected chi connectivity index (χ1v) is 9.91. The molecule has 0 saturated heterocycles. The van der Waals surface area contributed by atoms with E-state index in [2.05, 4.69) is 11.7 Å². The summed E-state index contributed by atoms with van der Waals surface area (Å²) in [4.78, 5) is 14.4. The van der Waals surface area contributed by atoms with E-state index < -0.39 is 0 Å². The van der Waals surface area contributed by atoms with E-state index in [1.165, 1.54) is 6.08 Å². The van der Waals surface area contributed by atoms with Crippen molar-refractivity contribution in [3.05, 3.63) is 89.8 Å². The Hall–Kier alpha value is -3.80. The van der Waals surface area contributed by atoms with Crippen LogP contribution in [-0.2, 0) is 11.4 Å². The number of amides is 1. The molecule has 31 heavy (non-hydrogen) atoms. The molecule has 0 aliphatic carbocycles. The maximum atomic E-state index is 12.7. The minimum Gasteiger partial charge on any atom is -0.493 e. The fourth-order valence-electron chi connectivity index (χ4n) is 3.08. The molecule has 1 heterocycles. The summed E-state index contributed by atoms with van der Waals surface area (Å²) in [5.74, 6) is 1.77. The quantitative estimate of drug-likeness (QED) is 0.357. The molecule has 0 aliphatic heterocycles. The van der Waals surface area contributed by atoms with Gasteiger partial charge in [0, 0.05) is 18.3 Å². The summed E-state index contributed by atoms with van der Waals surface area (Å²) in [7, 11) is 1.58. The summed E-state index contributed by atoms with van der Waals surface area (Å²) in [5.41, 5.74) is 3.36. The Balaban J connectivity index is 1.73. The average Bonchev–Trinajstić information content (AvgIpc) is 3.12. The van der Waals surface area contributed by atoms with Gasteiger partial charge in [-0.1, -0.05) is 35.5 Å². The highest BCUT2D eigenvalue weighted by Crippen LogP contribution is 2.30.